The van der Waals surface area contributed by atoms with Crippen LogP contribution in [0.25, 0.3) is 5.69 Å². The Morgan fingerprint density at radius 3 is 2.45 bits per heavy atom. The molecule has 0 atom stereocenters. The highest BCUT2D eigenvalue weighted by Gasteiger charge is 2.22. The normalized spacial score (nSPS) is 14.4. The molecule has 150 valence electrons. The molecule has 4 rings (SSSR count). The van der Waals surface area contributed by atoms with Gasteiger partial charge in [-0.2, -0.15) is 5.10 Å². The Balaban J connectivity index is 1.70. The van der Waals surface area contributed by atoms with Crippen LogP contribution in [0.5, 0.6) is 0 Å². The van der Waals surface area contributed by atoms with E-state index in [4.69, 9.17) is 33.3 Å². The summed E-state index contributed by atoms with van der Waals surface area (Å²) >= 11 is 16.1. The van der Waals surface area contributed by atoms with Crippen LogP contribution >= 0.6 is 39.1 Å². The highest BCUT2D eigenvalue weighted by atomic mass is 79.9. The summed E-state index contributed by atoms with van der Waals surface area (Å²) in [7, 11) is 0. The second-order valence-corrected chi connectivity index (χ2v) is 8.71. The fourth-order valence-corrected chi connectivity index (χ4v) is 4.21. The predicted octanol–water partition coefficient (Wildman–Crippen LogP) is 5.44. The van der Waals surface area contributed by atoms with E-state index in [0.29, 0.717) is 35.3 Å². The van der Waals surface area contributed by atoms with Gasteiger partial charge in [0.15, 0.2) is 11.6 Å². The van der Waals surface area contributed by atoms with Gasteiger partial charge in [0, 0.05) is 33.9 Å². The molecule has 0 radical (unpaired) electrons. The van der Waals surface area contributed by atoms with Gasteiger partial charge in [-0.05, 0) is 54.8 Å². The summed E-state index contributed by atoms with van der Waals surface area (Å²) in [6.07, 6.45) is 2.97. The quantitative estimate of drug-likeness (QED) is 0.475. The van der Waals surface area contributed by atoms with Crippen molar-refractivity contribution in [3.63, 3.8) is 0 Å². The molecule has 1 amide bonds. The van der Waals surface area contributed by atoms with Crippen LogP contribution < -0.4 is 0 Å². The molecular formula is C21H19BrCl2N4O. The lowest BCUT2D eigenvalue weighted by Gasteiger charge is -2.26. The molecule has 1 aliphatic heterocycles. The van der Waals surface area contributed by atoms with Crippen LogP contribution in [0.15, 0.2) is 46.9 Å². The average molecular weight is 494 g/mol. The predicted molar refractivity (Wildman–Crippen MR) is 118 cm³/mol. The van der Waals surface area contributed by atoms with Gasteiger partial charge in [-0.25, -0.2) is 9.67 Å². The first kappa shape index (κ1) is 20.4. The van der Waals surface area contributed by atoms with Crippen molar-refractivity contribution in [3.8, 4) is 5.69 Å². The molecule has 5 nitrogen and oxygen atoms in total. The maximum Gasteiger partial charge on any atom is 0.222 e. The van der Waals surface area contributed by atoms with E-state index in [1.54, 1.807) is 4.68 Å². The van der Waals surface area contributed by atoms with Gasteiger partial charge in [0.1, 0.15) is 0 Å². The molecule has 2 aromatic carbocycles. The summed E-state index contributed by atoms with van der Waals surface area (Å²) in [6, 6.07) is 13.3. The zero-order valence-electron chi connectivity index (χ0n) is 15.6. The largest absolute Gasteiger partial charge is 0.335 e. The van der Waals surface area contributed by atoms with Crippen molar-refractivity contribution in [2.24, 2.45) is 0 Å². The number of aromatic nitrogens is 3. The van der Waals surface area contributed by atoms with Crippen molar-refractivity contribution in [3.05, 3.63) is 74.2 Å². The Hall–Kier alpha value is -1.89. The highest BCUT2D eigenvalue weighted by molar-refractivity contribution is 9.10. The molecule has 0 saturated carbocycles. The van der Waals surface area contributed by atoms with Crippen LogP contribution in [0.3, 0.4) is 0 Å². The molecule has 3 aromatic rings. The SMILES string of the molecule is O=C1CCCCN1Cc1nc(Cc2c(Cl)cccc2Cl)nn1-c1ccc(Br)cc1. The second kappa shape index (κ2) is 8.86. The standard InChI is InChI=1S/C21H19BrCl2N4O/c22-14-7-9-15(10-8-14)28-20(13-27-11-2-1-6-21(27)29)25-19(26-28)12-16-17(23)4-3-5-18(16)24/h3-5,7-10H,1-2,6,11-13H2. The summed E-state index contributed by atoms with van der Waals surface area (Å²) in [6.45, 7) is 1.18. The number of likely N-dealkylation sites (tertiary alicyclic amines) is 1. The van der Waals surface area contributed by atoms with Crippen molar-refractivity contribution in [2.75, 3.05) is 6.54 Å². The van der Waals surface area contributed by atoms with Crippen LogP contribution in [0.4, 0.5) is 0 Å². The molecule has 0 unspecified atom stereocenters. The van der Waals surface area contributed by atoms with E-state index < -0.39 is 0 Å². The van der Waals surface area contributed by atoms with Gasteiger partial charge >= 0.3 is 0 Å². The van der Waals surface area contributed by atoms with E-state index >= 15 is 0 Å². The minimum atomic E-state index is 0.164. The number of benzene rings is 2. The van der Waals surface area contributed by atoms with Crippen LogP contribution in [-0.4, -0.2) is 32.1 Å². The molecule has 1 saturated heterocycles. The van der Waals surface area contributed by atoms with E-state index in [0.717, 1.165) is 40.9 Å². The number of piperidine rings is 1. The number of nitrogens with zero attached hydrogens (tertiary/aromatic N) is 4. The molecule has 1 aromatic heterocycles. The minimum absolute atomic E-state index is 0.164. The topological polar surface area (TPSA) is 51.0 Å². The second-order valence-electron chi connectivity index (χ2n) is 6.98. The van der Waals surface area contributed by atoms with Crippen molar-refractivity contribution in [1.82, 2.24) is 19.7 Å². The van der Waals surface area contributed by atoms with Crippen molar-refractivity contribution in [2.45, 2.75) is 32.2 Å². The van der Waals surface area contributed by atoms with E-state index in [-0.39, 0.29) is 5.91 Å². The lowest BCUT2D eigenvalue weighted by molar-refractivity contribution is -0.134. The van der Waals surface area contributed by atoms with Crippen LogP contribution in [0.1, 0.15) is 36.5 Å². The van der Waals surface area contributed by atoms with Crippen LogP contribution in [0, 0.1) is 0 Å². The third kappa shape index (κ3) is 4.65. The Morgan fingerprint density at radius 2 is 1.76 bits per heavy atom. The fraction of sp³-hybridized carbons (Fsp3) is 0.286. The molecule has 0 spiro atoms. The van der Waals surface area contributed by atoms with E-state index in [1.165, 1.54) is 0 Å². The van der Waals surface area contributed by atoms with Crippen molar-refractivity contribution in [1.29, 1.82) is 0 Å². The monoisotopic (exact) mass is 492 g/mol. The summed E-state index contributed by atoms with van der Waals surface area (Å²) < 4.78 is 2.78. The molecule has 1 aliphatic rings. The third-order valence-corrected chi connectivity index (χ3v) is 6.18. The Labute approximate surface area is 187 Å². The van der Waals surface area contributed by atoms with Crippen molar-refractivity contribution < 1.29 is 4.79 Å². The third-order valence-electron chi connectivity index (χ3n) is 4.94. The summed E-state index contributed by atoms with van der Waals surface area (Å²) in [5.74, 6) is 1.50. The van der Waals surface area contributed by atoms with Gasteiger partial charge in [0.05, 0.1) is 12.2 Å². The Bertz CT molecular complexity index is 1020. The molecule has 0 aliphatic carbocycles. The first-order valence-corrected chi connectivity index (χ1v) is 11.0. The van der Waals surface area contributed by atoms with Gasteiger partial charge < -0.3 is 4.90 Å². The van der Waals surface area contributed by atoms with Gasteiger partial charge in [-0.1, -0.05) is 45.2 Å². The number of hydrogen-bond donors (Lipinski definition) is 0. The lowest BCUT2D eigenvalue weighted by Crippen LogP contribution is -2.35. The van der Waals surface area contributed by atoms with Crippen LogP contribution in [-0.2, 0) is 17.8 Å². The molecular weight excluding hydrogens is 475 g/mol. The smallest absolute Gasteiger partial charge is 0.222 e. The molecule has 0 bridgehead atoms. The van der Waals surface area contributed by atoms with Gasteiger partial charge in [-0.15, -0.1) is 0 Å². The van der Waals surface area contributed by atoms with E-state index in [1.807, 2.05) is 47.4 Å². The highest BCUT2D eigenvalue weighted by Crippen LogP contribution is 2.27. The first-order chi connectivity index (χ1) is 14.0. The number of amides is 1. The number of carbonyl (C=O) groups is 1. The van der Waals surface area contributed by atoms with Gasteiger partial charge in [0.25, 0.3) is 0 Å². The molecule has 2 heterocycles. The maximum atomic E-state index is 12.3. The number of hydrogen-bond acceptors (Lipinski definition) is 3. The number of carbonyl (C=O) groups excluding carboxylic acids is 1. The maximum absolute atomic E-state index is 12.3. The van der Waals surface area contributed by atoms with Gasteiger partial charge in [0.2, 0.25) is 5.91 Å². The summed E-state index contributed by atoms with van der Waals surface area (Å²) in [5, 5.41) is 5.89. The molecule has 29 heavy (non-hydrogen) atoms. The first-order valence-electron chi connectivity index (χ1n) is 9.42. The Morgan fingerprint density at radius 1 is 1.03 bits per heavy atom. The summed E-state index contributed by atoms with van der Waals surface area (Å²) in [5.41, 5.74) is 1.68. The number of rotatable bonds is 5. The fourth-order valence-electron chi connectivity index (χ4n) is 3.42. The zero-order valence-corrected chi connectivity index (χ0v) is 18.7. The number of halogens is 3. The van der Waals surface area contributed by atoms with Crippen LogP contribution in [0.2, 0.25) is 10.0 Å². The van der Waals surface area contributed by atoms with E-state index in [2.05, 4.69) is 15.9 Å². The van der Waals surface area contributed by atoms with Gasteiger partial charge in [-0.3, -0.25) is 4.79 Å². The Kier molecular flexibility index (Phi) is 6.23. The average Bonchev–Trinajstić information content (AvgIpc) is 3.10. The molecule has 0 N–H and O–H groups in total. The zero-order chi connectivity index (χ0) is 20.4. The molecule has 1 fully saturated rings. The van der Waals surface area contributed by atoms with Crippen molar-refractivity contribution >= 4 is 45.0 Å². The molecule has 8 heteroatoms. The summed E-state index contributed by atoms with van der Waals surface area (Å²) in [4.78, 5) is 18.9. The minimum Gasteiger partial charge on any atom is -0.335 e. The lowest BCUT2D eigenvalue weighted by atomic mass is 10.1. The van der Waals surface area contributed by atoms with E-state index in [9.17, 15) is 4.79 Å².